The molecule has 2 aromatic heterocycles. The fourth-order valence-corrected chi connectivity index (χ4v) is 2.71. The van der Waals surface area contributed by atoms with E-state index in [2.05, 4.69) is 10.3 Å². The lowest BCUT2D eigenvalue weighted by Crippen LogP contribution is -2.12. The predicted octanol–water partition coefficient (Wildman–Crippen LogP) is 4.28. The summed E-state index contributed by atoms with van der Waals surface area (Å²) in [7, 11) is 0. The highest BCUT2D eigenvalue weighted by atomic mass is 16.1. The van der Waals surface area contributed by atoms with Crippen LogP contribution in [0.4, 0.5) is 5.69 Å². The SMILES string of the molecule is O=C(Nc1cccc2cccnc12)c1cccc(-n2cccc2)c1. The molecule has 0 saturated carbocycles. The van der Waals surface area contributed by atoms with Gasteiger partial charge in [0.1, 0.15) is 0 Å². The van der Waals surface area contributed by atoms with Gasteiger partial charge in [-0.05, 0) is 42.5 Å². The number of hydrogen-bond acceptors (Lipinski definition) is 2. The van der Waals surface area contributed by atoms with Crippen LogP contribution in [-0.4, -0.2) is 15.5 Å². The third-order valence-electron chi connectivity index (χ3n) is 3.89. The Labute approximate surface area is 139 Å². The van der Waals surface area contributed by atoms with Crippen LogP contribution < -0.4 is 5.32 Å². The Bertz CT molecular complexity index is 1000. The van der Waals surface area contributed by atoms with Gasteiger partial charge in [-0.2, -0.15) is 0 Å². The number of pyridine rings is 1. The lowest BCUT2D eigenvalue weighted by atomic mass is 10.1. The molecule has 0 aliphatic heterocycles. The number of anilines is 1. The lowest BCUT2D eigenvalue weighted by molar-refractivity contribution is 0.102. The summed E-state index contributed by atoms with van der Waals surface area (Å²) in [5.41, 5.74) is 3.05. The highest BCUT2D eigenvalue weighted by Gasteiger charge is 2.10. The minimum Gasteiger partial charge on any atom is -0.324 e. The normalized spacial score (nSPS) is 10.7. The third-order valence-corrected chi connectivity index (χ3v) is 3.89. The quantitative estimate of drug-likeness (QED) is 0.614. The first-order valence-corrected chi connectivity index (χ1v) is 7.70. The van der Waals surface area contributed by atoms with E-state index in [1.54, 1.807) is 12.3 Å². The van der Waals surface area contributed by atoms with E-state index >= 15 is 0 Å². The first-order chi connectivity index (χ1) is 11.8. The predicted molar refractivity (Wildman–Crippen MR) is 95.5 cm³/mol. The maximum atomic E-state index is 12.6. The van der Waals surface area contributed by atoms with E-state index in [9.17, 15) is 4.79 Å². The van der Waals surface area contributed by atoms with Crippen LogP contribution in [0.3, 0.4) is 0 Å². The van der Waals surface area contributed by atoms with Crippen LogP contribution in [0.15, 0.2) is 85.3 Å². The molecule has 4 rings (SSSR count). The molecule has 2 heterocycles. The van der Waals surface area contributed by atoms with Gasteiger partial charge in [-0.1, -0.05) is 24.3 Å². The maximum absolute atomic E-state index is 12.6. The van der Waals surface area contributed by atoms with Crippen LogP contribution in [0.25, 0.3) is 16.6 Å². The molecule has 0 fully saturated rings. The van der Waals surface area contributed by atoms with E-state index in [-0.39, 0.29) is 5.91 Å². The van der Waals surface area contributed by atoms with Crippen molar-refractivity contribution in [3.8, 4) is 5.69 Å². The standard InChI is InChI=1S/C20H15N3O/c24-20(16-7-3-9-17(14-16)23-12-1-2-13-23)22-18-10-4-6-15-8-5-11-21-19(15)18/h1-14H,(H,22,24). The van der Waals surface area contributed by atoms with Gasteiger partial charge in [0.15, 0.2) is 0 Å². The van der Waals surface area contributed by atoms with Crippen LogP contribution in [0.2, 0.25) is 0 Å². The van der Waals surface area contributed by atoms with E-state index in [0.29, 0.717) is 11.3 Å². The Kier molecular flexibility index (Phi) is 3.56. The van der Waals surface area contributed by atoms with Crippen molar-refractivity contribution in [1.82, 2.24) is 9.55 Å². The molecule has 4 heteroatoms. The van der Waals surface area contributed by atoms with Crippen LogP contribution in [-0.2, 0) is 0 Å². The Morgan fingerprint density at radius 2 is 1.71 bits per heavy atom. The van der Waals surface area contributed by atoms with Crippen molar-refractivity contribution in [3.63, 3.8) is 0 Å². The molecule has 0 spiro atoms. The van der Waals surface area contributed by atoms with Crippen molar-refractivity contribution in [1.29, 1.82) is 0 Å². The molecule has 0 bridgehead atoms. The second-order valence-corrected chi connectivity index (χ2v) is 5.48. The summed E-state index contributed by atoms with van der Waals surface area (Å²) in [4.78, 5) is 17.0. The van der Waals surface area contributed by atoms with E-state index in [1.165, 1.54) is 0 Å². The number of aromatic nitrogens is 2. The second-order valence-electron chi connectivity index (χ2n) is 5.48. The number of carbonyl (C=O) groups is 1. The Morgan fingerprint density at radius 3 is 2.58 bits per heavy atom. The summed E-state index contributed by atoms with van der Waals surface area (Å²) in [6.07, 6.45) is 5.63. The van der Waals surface area contributed by atoms with Gasteiger partial charge in [-0.3, -0.25) is 9.78 Å². The zero-order valence-electron chi connectivity index (χ0n) is 12.9. The summed E-state index contributed by atoms with van der Waals surface area (Å²) < 4.78 is 1.97. The summed E-state index contributed by atoms with van der Waals surface area (Å²) >= 11 is 0. The van der Waals surface area contributed by atoms with Crippen molar-refractivity contribution >= 4 is 22.5 Å². The van der Waals surface area contributed by atoms with Gasteiger partial charge in [0.2, 0.25) is 0 Å². The first-order valence-electron chi connectivity index (χ1n) is 7.70. The molecule has 0 radical (unpaired) electrons. The molecular weight excluding hydrogens is 298 g/mol. The van der Waals surface area contributed by atoms with Crippen LogP contribution in [0.5, 0.6) is 0 Å². The van der Waals surface area contributed by atoms with E-state index in [1.807, 2.05) is 77.6 Å². The van der Waals surface area contributed by atoms with Crippen molar-refractivity contribution < 1.29 is 4.79 Å². The highest BCUT2D eigenvalue weighted by molar-refractivity contribution is 6.08. The van der Waals surface area contributed by atoms with Crippen molar-refractivity contribution in [2.45, 2.75) is 0 Å². The van der Waals surface area contributed by atoms with Gasteiger partial charge in [0.05, 0.1) is 11.2 Å². The topological polar surface area (TPSA) is 46.9 Å². The number of fused-ring (bicyclic) bond motifs is 1. The van der Waals surface area contributed by atoms with Crippen LogP contribution >= 0.6 is 0 Å². The minimum atomic E-state index is -0.151. The summed E-state index contributed by atoms with van der Waals surface area (Å²) in [5, 5.41) is 3.96. The average Bonchev–Trinajstić information content (AvgIpc) is 3.17. The summed E-state index contributed by atoms with van der Waals surface area (Å²) in [6, 6.07) is 21.0. The first kappa shape index (κ1) is 14.2. The van der Waals surface area contributed by atoms with Crippen molar-refractivity contribution in [2.75, 3.05) is 5.32 Å². The zero-order chi connectivity index (χ0) is 16.4. The van der Waals surface area contributed by atoms with Crippen LogP contribution in [0.1, 0.15) is 10.4 Å². The Balaban J connectivity index is 1.66. The van der Waals surface area contributed by atoms with Crippen LogP contribution in [0, 0.1) is 0 Å². The van der Waals surface area contributed by atoms with Gasteiger partial charge in [-0.25, -0.2) is 0 Å². The fourth-order valence-electron chi connectivity index (χ4n) is 2.71. The third kappa shape index (κ3) is 2.65. The maximum Gasteiger partial charge on any atom is 0.255 e. The largest absolute Gasteiger partial charge is 0.324 e. The lowest BCUT2D eigenvalue weighted by Gasteiger charge is -2.09. The van der Waals surface area contributed by atoms with Gasteiger partial charge < -0.3 is 9.88 Å². The number of rotatable bonds is 3. The second kappa shape index (κ2) is 6.01. The summed E-state index contributed by atoms with van der Waals surface area (Å²) in [5.74, 6) is -0.151. The number of nitrogens with one attached hydrogen (secondary N) is 1. The molecule has 4 aromatic rings. The molecule has 1 N–H and O–H groups in total. The minimum absolute atomic E-state index is 0.151. The van der Waals surface area contributed by atoms with Gasteiger partial charge in [-0.15, -0.1) is 0 Å². The molecule has 116 valence electrons. The highest BCUT2D eigenvalue weighted by Crippen LogP contribution is 2.21. The molecule has 2 aromatic carbocycles. The molecular formula is C20H15N3O. The van der Waals surface area contributed by atoms with Gasteiger partial charge >= 0.3 is 0 Å². The number of carbonyl (C=O) groups excluding carboxylic acids is 1. The van der Waals surface area contributed by atoms with E-state index in [4.69, 9.17) is 0 Å². The van der Waals surface area contributed by atoms with Crippen molar-refractivity contribution in [2.24, 2.45) is 0 Å². The molecule has 0 aliphatic rings. The number of nitrogens with zero attached hydrogens (tertiary/aromatic N) is 2. The summed E-state index contributed by atoms with van der Waals surface area (Å²) in [6.45, 7) is 0. The molecule has 0 unspecified atom stereocenters. The average molecular weight is 313 g/mol. The molecule has 24 heavy (non-hydrogen) atoms. The van der Waals surface area contributed by atoms with Gasteiger partial charge in [0.25, 0.3) is 5.91 Å². The van der Waals surface area contributed by atoms with E-state index in [0.717, 1.165) is 16.6 Å². The fraction of sp³-hybridized carbons (Fsp3) is 0. The molecule has 0 aliphatic carbocycles. The number of amides is 1. The molecule has 1 amide bonds. The monoisotopic (exact) mass is 313 g/mol. The number of para-hydroxylation sites is 1. The van der Waals surface area contributed by atoms with Crippen molar-refractivity contribution in [3.05, 3.63) is 90.9 Å². The molecule has 4 nitrogen and oxygen atoms in total. The van der Waals surface area contributed by atoms with E-state index < -0.39 is 0 Å². The Hall–Kier alpha value is -3.40. The molecule has 0 atom stereocenters. The Morgan fingerprint density at radius 1 is 0.917 bits per heavy atom. The smallest absolute Gasteiger partial charge is 0.255 e. The zero-order valence-corrected chi connectivity index (χ0v) is 12.9. The number of hydrogen-bond donors (Lipinski definition) is 1. The van der Waals surface area contributed by atoms with Gasteiger partial charge in [0, 0.05) is 35.2 Å². The molecule has 0 saturated heterocycles. The number of benzene rings is 2.